The average molecular weight is 407 g/mol. The number of anilines is 1. The van der Waals surface area contributed by atoms with Gasteiger partial charge in [0.25, 0.3) is 0 Å². The summed E-state index contributed by atoms with van der Waals surface area (Å²) in [7, 11) is 1.52. The highest BCUT2D eigenvalue weighted by molar-refractivity contribution is 5.99. The van der Waals surface area contributed by atoms with E-state index in [0.717, 1.165) is 11.3 Å². The Bertz CT molecular complexity index is 1160. The van der Waals surface area contributed by atoms with E-state index in [-0.39, 0.29) is 25.5 Å². The summed E-state index contributed by atoms with van der Waals surface area (Å²) in [5, 5.41) is 0.659. The summed E-state index contributed by atoms with van der Waals surface area (Å²) in [6, 6.07) is 14.0. The first-order valence-electron chi connectivity index (χ1n) is 9.59. The van der Waals surface area contributed by atoms with Gasteiger partial charge in [0.2, 0.25) is 5.91 Å². The molecule has 1 fully saturated rings. The Labute approximate surface area is 172 Å². The number of benzene rings is 2. The van der Waals surface area contributed by atoms with Crippen LogP contribution < -0.4 is 15.3 Å². The zero-order chi connectivity index (χ0) is 21.3. The molecule has 7 heteroatoms. The maximum atomic E-state index is 12.6. The van der Waals surface area contributed by atoms with Gasteiger partial charge >= 0.3 is 11.6 Å². The molecule has 1 aliphatic heterocycles. The number of nitrogens with zero attached hydrogens (tertiary/aromatic N) is 1. The number of ether oxygens (including phenoxy) is 2. The molecule has 2 heterocycles. The summed E-state index contributed by atoms with van der Waals surface area (Å²) in [4.78, 5) is 38.4. The Morgan fingerprint density at radius 3 is 2.63 bits per heavy atom. The molecule has 1 amide bonds. The molecular weight excluding hydrogens is 386 g/mol. The van der Waals surface area contributed by atoms with Crippen LogP contribution in [0.15, 0.2) is 57.7 Å². The van der Waals surface area contributed by atoms with Crippen LogP contribution in [0, 0.1) is 12.8 Å². The Kier molecular flexibility index (Phi) is 5.27. The first-order valence-corrected chi connectivity index (χ1v) is 9.59. The monoisotopic (exact) mass is 407 g/mol. The SMILES string of the molecule is COc1ccc2c(COC(=O)C3CC(=O)N(c4ccc(C)cc4)C3)cc(=O)oc2c1. The number of carbonyl (C=O) groups excluding carboxylic acids is 2. The summed E-state index contributed by atoms with van der Waals surface area (Å²) < 4.78 is 15.8. The van der Waals surface area contributed by atoms with Gasteiger partial charge < -0.3 is 18.8 Å². The van der Waals surface area contributed by atoms with E-state index in [0.29, 0.717) is 22.3 Å². The van der Waals surface area contributed by atoms with E-state index in [4.69, 9.17) is 13.9 Å². The minimum Gasteiger partial charge on any atom is -0.497 e. The van der Waals surface area contributed by atoms with Crippen molar-refractivity contribution in [3.63, 3.8) is 0 Å². The second kappa shape index (κ2) is 8.02. The van der Waals surface area contributed by atoms with Crippen LogP contribution in [0.2, 0.25) is 0 Å². The maximum Gasteiger partial charge on any atom is 0.336 e. The van der Waals surface area contributed by atoms with Gasteiger partial charge in [0, 0.05) is 41.7 Å². The van der Waals surface area contributed by atoms with Gasteiger partial charge in [0.1, 0.15) is 17.9 Å². The summed E-state index contributed by atoms with van der Waals surface area (Å²) >= 11 is 0. The van der Waals surface area contributed by atoms with E-state index in [2.05, 4.69) is 0 Å². The molecule has 3 aromatic rings. The fourth-order valence-corrected chi connectivity index (χ4v) is 3.56. The zero-order valence-corrected chi connectivity index (χ0v) is 16.7. The minimum absolute atomic E-state index is 0.0809. The summed E-state index contributed by atoms with van der Waals surface area (Å²) in [5.41, 5.74) is 2.22. The van der Waals surface area contributed by atoms with Gasteiger partial charge in [-0.1, -0.05) is 17.7 Å². The van der Waals surface area contributed by atoms with Crippen molar-refractivity contribution in [2.75, 3.05) is 18.6 Å². The van der Waals surface area contributed by atoms with Crippen LogP contribution in [0.1, 0.15) is 17.5 Å². The highest BCUT2D eigenvalue weighted by atomic mass is 16.5. The van der Waals surface area contributed by atoms with Crippen LogP contribution >= 0.6 is 0 Å². The summed E-state index contributed by atoms with van der Waals surface area (Å²) in [5.74, 6) is -0.572. The molecule has 0 bridgehead atoms. The van der Waals surface area contributed by atoms with E-state index in [9.17, 15) is 14.4 Å². The van der Waals surface area contributed by atoms with E-state index in [1.54, 1.807) is 23.1 Å². The molecule has 7 nitrogen and oxygen atoms in total. The van der Waals surface area contributed by atoms with Gasteiger partial charge in [-0.2, -0.15) is 0 Å². The Hall–Kier alpha value is -3.61. The molecule has 1 aromatic heterocycles. The summed E-state index contributed by atoms with van der Waals surface area (Å²) in [6.45, 7) is 2.16. The number of methoxy groups -OCH3 is 1. The van der Waals surface area contributed by atoms with Gasteiger partial charge in [-0.25, -0.2) is 4.79 Å². The molecule has 1 saturated heterocycles. The molecule has 30 heavy (non-hydrogen) atoms. The molecule has 1 aliphatic rings. The zero-order valence-electron chi connectivity index (χ0n) is 16.7. The number of carbonyl (C=O) groups is 2. The van der Waals surface area contributed by atoms with Crippen molar-refractivity contribution >= 4 is 28.5 Å². The lowest BCUT2D eigenvalue weighted by atomic mass is 10.1. The van der Waals surface area contributed by atoms with Crippen molar-refractivity contribution in [1.82, 2.24) is 0 Å². The normalized spacial score (nSPS) is 16.1. The topological polar surface area (TPSA) is 86.0 Å². The van der Waals surface area contributed by atoms with E-state index < -0.39 is 17.5 Å². The number of rotatable bonds is 5. The molecule has 0 N–H and O–H groups in total. The molecule has 0 radical (unpaired) electrons. The molecule has 4 rings (SSSR count). The van der Waals surface area contributed by atoms with Gasteiger partial charge in [0.05, 0.1) is 13.0 Å². The number of hydrogen-bond donors (Lipinski definition) is 0. The molecular formula is C23H21NO6. The van der Waals surface area contributed by atoms with E-state index >= 15 is 0 Å². The van der Waals surface area contributed by atoms with Crippen LogP contribution in [0.4, 0.5) is 5.69 Å². The minimum atomic E-state index is -0.551. The van der Waals surface area contributed by atoms with Crippen molar-refractivity contribution in [3.05, 3.63) is 70.1 Å². The smallest absolute Gasteiger partial charge is 0.336 e. The second-order valence-electron chi connectivity index (χ2n) is 7.30. The van der Waals surface area contributed by atoms with Crippen molar-refractivity contribution in [2.45, 2.75) is 20.0 Å². The molecule has 0 spiro atoms. The third-order valence-electron chi connectivity index (χ3n) is 5.21. The second-order valence-corrected chi connectivity index (χ2v) is 7.30. The van der Waals surface area contributed by atoms with Crippen molar-refractivity contribution in [1.29, 1.82) is 0 Å². The molecule has 1 unspecified atom stereocenters. The standard InChI is InChI=1S/C23H21NO6/c1-14-3-5-17(6-4-14)24-12-15(9-21(24)25)23(27)29-13-16-10-22(26)30-20-11-18(28-2)7-8-19(16)20/h3-8,10-11,15H,9,12-13H2,1-2H3. The number of amides is 1. The van der Waals surface area contributed by atoms with Crippen LogP contribution in [0.25, 0.3) is 11.0 Å². The third-order valence-corrected chi connectivity index (χ3v) is 5.21. The first kappa shape index (κ1) is 19.7. The van der Waals surface area contributed by atoms with Gasteiger partial charge in [0.15, 0.2) is 0 Å². The molecule has 2 aromatic carbocycles. The van der Waals surface area contributed by atoms with Crippen molar-refractivity contribution in [2.24, 2.45) is 5.92 Å². The van der Waals surface area contributed by atoms with E-state index in [1.807, 2.05) is 31.2 Å². The highest BCUT2D eigenvalue weighted by Crippen LogP contribution is 2.27. The first-order chi connectivity index (χ1) is 14.4. The van der Waals surface area contributed by atoms with Crippen LogP contribution in [0.3, 0.4) is 0 Å². The van der Waals surface area contributed by atoms with Gasteiger partial charge in [-0.3, -0.25) is 9.59 Å². The Balaban J connectivity index is 1.47. The number of hydrogen-bond acceptors (Lipinski definition) is 6. The number of aryl methyl sites for hydroxylation is 1. The fraction of sp³-hybridized carbons (Fsp3) is 0.261. The fourth-order valence-electron chi connectivity index (χ4n) is 3.56. The predicted octanol–water partition coefficient (Wildman–Crippen LogP) is 3.21. The molecule has 154 valence electrons. The molecule has 1 atom stereocenters. The largest absolute Gasteiger partial charge is 0.497 e. The van der Waals surface area contributed by atoms with Crippen molar-refractivity contribution in [3.8, 4) is 5.75 Å². The quantitative estimate of drug-likeness (QED) is 0.477. The van der Waals surface area contributed by atoms with E-state index in [1.165, 1.54) is 13.2 Å². The number of esters is 1. The molecule has 0 saturated carbocycles. The van der Waals surface area contributed by atoms with Crippen LogP contribution in [-0.4, -0.2) is 25.5 Å². The van der Waals surface area contributed by atoms with Gasteiger partial charge in [-0.05, 0) is 31.2 Å². The van der Waals surface area contributed by atoms with Crippen molar-refractivity contribution < 1.29 is 23.5 Å². The predicted molar refractivity (Wildman–Crippen MR) is 110 cm³/mol. The lowest BCUT2D eigenvalue weighted by Crippen LogP contribution is -2.26. The maximum absolute atomic E-state index is 12.6. The van der Waals surface area contributed by atoms with Crippen LogP contribution in [-0.2, 0) is 20.9 Å². The third kappa shape index (κ3) is 3.91. The average Bonchev–Trinajstić information content (AvgIpc) is 3.13. The van der Waals surface area contributed by atoms with Crippen LogP contribution in [0.5, 0.6) is 5.75 Å². The Morgan fingerprint density at radius 1 is 1.13 bits per heavy atom. The molecule has 0 aliphatic carbocycles. The summed E-state index contributed by atoms with van der Waals surface area (Å²) in [6.07, 6.45) is 0.0988. The lowest BCUT2D eigenvalue weighted by molar-refractivity contribution is -0.149. The lowest BCUT2D eigenvalue weighted by Gasteiger charge is -2.16. The van der Waals surface area contributed by atoms with Gasteiger partial charge in [-0.15, -0.1) is 0 Å². The Morgan fingerprint density at radius 2 is 1.90 bits per heavy atom. The highest BCUT2D eigenvalue weighted by Gasteiger charge is 2.36. The number of fused-ring (bicyclic) bond motifs is 1.